The van der Waals surface area contributed by atoms with E-state index in [1.54, 1.807) is 10.8 Å². The van der Waals surface area contributed by atoms with Gasteiger partial charge in [-0.1, -0.05) is 58.8 Å². The van der Waals surface area contributed by atoms with Crippen LogP contribution in [0.1, 0.15) is 12.5 Å². The second-order valence-corrected chi connectivity index (χ2v) is 5.75. The smallest absolute Gasteiger partial charge is 0.0186 e. The van der Waals surface area contributed by atoms with Crippen LogP contribution in [0.2, 0.25) is 0 Å². The molecule has 2 heteroatoms. The number of hydrogen-bond acceptors (Lipinski definition) is 2. The fraction of sp³-hybridized carbons (Fsp3) is 0.143. The van der Waals surface area contributed by atoms with Crippen LogP contribution < -0.4 is 0 Å². The Balaban J connectivity index is 1.94. The Morgan fingerprint density at radius 1 is 0.750 bits per heavy atom. The van der Waals surface area contributed by atoms with Crippen molar-refractivity contribution in [1.29, 1.82) is 0 Å². The molecule has 0 unspecified atom stereocenters. The highest BCUT2D eigenvalue weighted by molar-refractivity contribution is 8.76. The van der Waals surface area contributed by atoms with E-state index in [1.165, 1.54) is 15.4 Å². The van der Waals surface area contributed by atoms with Crippen LogP contribution in [-0.2, 0) is 6.42 Å². The lowest BCUT2D eigenvalue weighted by atomic mass is 10.2. The van der Waals surface area contributed by atoms with Crippen molar-refractivity contribution >= 4 is 21.6 Å². The maximum Gasteiger partial charge on any atom is 0.0186 e. The van der Waals surface area contributed by atoms with Crippen LogP contribution >= 0.6 is 21.6 Å². The molecule has 0 aromatic heterocycles. The molecule has 0 saturated carbocycles. The normalized spacial score (nSPS) is 10.3. The topological polar surface area (TPSA) is 0 Å². The molecule has 0 aliphatic heterocycles. The summed E-state index contributed by atoms with van der Waals surface area (Å²) in [6.45, 7) is 2.18. The van der Waals surface area contributed by atoms with Crippen molar-refractivity contribution in [2.24, 2.45) is 0 Å². The molecule has 0 saturated heterocycles. The third-order valence-corrected chi connectivity index (χ3v) is 4.73. The summed E-state index contributed by atoms with van der Waals surface area (Å²) < 4.78 is 0. The summed E-state index contributed by atoms with van der Waals surface area (Å²) in [4.78, 5) is 2.61. The van der Waals surface area contributed by atoms with Crippen molar-refractivity contribution < 1.29 is 0 Å². The van der Waals surface area contributed by atoms with Crippen molar-refractivity contribution in [2.45, 2.75) is 23.1 Å². The Morgan fingerprint density at radius 2 is 1.31 bits per heavy atom. The summed E-state index contributed by atoms with van der Waals surface area (Å²) in [5, 5.41) is 0. The number of rotatable bonds is 4. The molecule has 16 heavy (non-hydrogen) atoms. The highest BCUT2D eigenvalue weighted by Crippen LogP contribution is 2.36. The van der Waals surface area contributed by atoms with Gasteiger partial charge in [0.1, 0.15) is 0 Å². The van der Waals surface area contributed by atoms with Crippen molar-refractivity contribution in [1.82, 2.24) is 0 Å². The number of aryl methyl sites for hydroxylation is 1. The highest BCUT2D eigenvalue weighted by Gasteiger charge is 1.96. The molecule has 2 rings (SSSR count). The Hall–Kier alpha value is -0.860. The molecule has 2 aromatic carbocycles. The van der Waals surface area contributed by atoms with Crippen LogP contribution in [0.15, 0.2) is 64.4 Å². The van der Waals surface area contributed by atoms with E-state index in [9.17, 15) is 0 Å². The first kappa shape index (κ1) is 11.6. The van der Waals surface area contributed by atoms with Crippen LogP contribution in [-0.4, -0.2) is 0 Å². The monoisotopic (exact) mass is 246 g/mol. The lowest BCUT2D eigenvalue weighted by Crippen LogP contribution is -1.77. The van der Waals surface area contributed by atoms with Gasteiger partial charge in [0, 0.05) is 9.79 Å². The summed E-state index contributed by atoms with van der Waals surface area (Å²) in [6.07, 6.45) is 1.11. The van der Waals surface area contributed by atoms with Crippen molar-refractivity contribution in [3.63, 3.8) is 0 Å². The molecule has 0 N–H and O–H groups in total. The van der Waals surface area contributed by atoms with Gasteiger partial charge in [-0.2, -0.15) is 0 Å². The number of benzene rings is 2. The minimum absolute atomic E-state index is 1.11. The van der Waals surface area contributed by atoms with E-state index < -0.39 is 0 Å². The van der Waals surface area contributed by atoms with Gasteiger partial charge in [0.05, 0.1) is 0 Å². The zero-order valence-corrected chi connectivity index (χ0v) is 10.9. The first-order valence-corrected chi connectivity index (χ1v) is 7.52. The lowest BCUT2D eigenvalue weighted by molar-refractivity contribution is 1.13. The zero-order valence-electron chi connectivity index (χ0n) is 9.22. The van der Waals surface area contributed by atoms with Crippen LogP contribution in [0.3, 0.4) is 0 Å². The molecule has 0 fully saturated rings. The average Bonchev–Trinajstić information content (AvgIpc) is 2.38. The lowest BCUT2D eigenvalue weighted by Gasteiger charge is -2.02. The molecule has 2 aromatic rings. The van der Waals surface area contributed by atoms with Crippen LogP contribution in [0.5, 0.6) is 0 Å². The quantitative estimate of drug-likeness (QED) is 0.692. The molecular formula is C14H14S2. The first-order chi connectivity index (χ1) is 7.88. The largest absolute Gasteiger partial charge is 0.0622 e. The van der Waals surface area contributed by atoms with Crippen molar-refractivity contribution in [2.75, 3.05) is 0 Å². The van der Waals surface area contributed by atoms with E-state index in [0.29, 0.717) is 0 Å². The van der Waals surface area contributed by atoms with Gasteiger partial charge in [-0.3, -0.25) is 0 Å². The van der Waals surface area contributed by atoms with Gasteiger partial charge in [-0.15, -0.1) is 0 Å². The summed E-state index contributed by atoms with van der Waals surface area (Å²) in [5.41, 5.74) is 1.40. The van der Waals surface area contributed by atoms with E-state index in [1.807, 2.05) is 16.9 Å². The predicted molar refractivity (Wildman–Crippen MR) is 74.0 cm³/mol. The van der Waals surface area contributed by atoms with E-state index in [-0.39, 0.29) is 0 Å². The van der Waals surface area contributed by atoms with E-state index in [4.69, 9.17) is 0 Å². The first-order valence-electron chi connectivity index (χ1n) is 5.37. The minimum Gasteiger partial charge on any atom is -0.0622 e. The van der Waals surface area contributed by atoms with Gasteiger partial charge in [0.15, 0.2) is 0 Å². The minimum atomic E-state index is 1.11. The predicted octanol–water partition coefficient (Wildman–Crippen LogP) is 5.05. The van der Waals surface area contributed by atoms with Gasteiger partial charge in [-0.25, -0.2) is 0 Å². The fourth-order valence-corrected chi connectivity index (χ4v) is 3.30. The van der Waals surface area contributed by atoms with Gasteiger partial charge in [0.2, 0.25) is 0 Å². The molecule has 0 atom stereocenters. The van der Waals surface area contributed by atoms with Crippen molar-refractivity contribution in [3.8, 4) is 0 Å². The molecule has 0 radical (unpaired) electrons. The maximum absolute atomic E-state index is 2.20. The maximum atomic E-state index is 2.20. The Morgan fingerprint density at radius 3 is 1.88 bits per heavy atom. The van der Waals surface area contributed by atoms with E-state index >= 15 is 0 Å². The summed E-state index contributed by atoms with van der Waals surface area (Å²) in [6, 6.07) is 19.3. The Labute approximate surface area is 105 Å². The SMILES string of the molecule is CCc1ccc(SSc2ccccc2)cc1. The summed E-state index contributed by atoms with van der Waals surface area (Å²) in [7, 11) is 3.61. The standard InChI is InChI=1S/C14H14S2/c1-2-12-8-10-14(11-9-12)16-15-13-6-4-3-5-7-13/h3-11H,2H2,1H3. The van der Waals surface area contributed by atoms with Gasteiger partial charge in [-0.05, 0) is 36.2 Å². The van der Waals surface area contributed by atoms with Gasteiger partial charge < -0.3 is 0 Å². The van der Waals surface area contributed by atoms with E-state index in [0.717, 1.165) is 6.42 Å². The molecule has 0 aliphatic rings. The highest BCUT2D eigenvalue weighted by atomic mass is 33.1. The second-order valence-electron chi connectivity index (χ2n) is 3.48. The molecule has 0 nitrogen and oxygen atoms in total. The molecule has 0 spiro atoms. The molecule has 0 bridgehead atoms. The summed E-state index contributed by atoms with van der Waals surface area (Å²) >= 11 is 0. The Bertz CT molecular complexity index is 420. The van der Waals surface area contributed by atoms with Crippen LogP contribution in [0.4, 0.5) is 0 Å². The molecular weight excluding hydrogens is 232 g/mol. The number of hydrogen-bond donors (Lipinski definition) is 0. The Kier molecular flexibility index (Phi) is 4.37. The molecule has 82 valence electrons. The average molecular weight is 246 g/mol. The molecule has 0 aliphatic carbocycles. The second kappa shape index (κ2) is 6.02. The third-order valence-electron chi connectivity index (χ3n) is 2.31. The summed E-state index contributed by atoms with van der Waals surface area (Å²) in [5.74, 6) is 0. The fourth-order valence-electron chi connectivity index (χ4n) is 1.35. The van der Waals surface area contributed by atoms with Gasteiger partial charge in [0.25, 0.3) is 0 Å². The van der Waals surface area contributed by atoms with Crippen LogP contribution in [0.25, 0.3) is 0 Å². The van der Waals surface area contributed by atoms with Crippen molar-refractivity contribution in [3.05, 3.63) is 60.2 Å². The van der Waals surface area contributed by atoms with Gasteiger partial charge >= 0.3 is 0 Å². The zero-order chi connectivity index (χ0) is 11.2. The van der Waals surface area contributed by atoms with E-state index in [2.05, 4.69) is 55.5 Å². The third kappa shape index (κ3) is 3.32. The molecule has 0 amide bonds. The molecule has 0 heterocycles. The van der Waals surface area contributed by atoms with Crippen LogP contribution in [0, 0.1) is 0 Å².